The van der Waals surface area contributed by atoms with Crippen LogP contribution in [0.1, 0.15) is 12.5 Å². The fourth-order valence-electron chi connectivity index (χ4n) is 1.93. The van der Waals surface area contributed by atoms with E-state index in [-0.39, 0.29) is 24.0 Å². The van der Waals surface area contributed by atoms with Crippen molar-refractivity contribution in [2.24, 2.45) is 4.99 Å². The molecule has 1 aromatic rings. The van der Waals surface area contributed by atoms with Crippen LogP contribution in [0.25, 0.3) is 0 Å². The Balaban J connectivity index is 0.00000484. The van der Waals surface area contributed by atoms with Gasteiger partial charge in [0.15, 0.2) is 5.96 Å². The quantitative estimate of drug-likeness (QED) is 0.205. The topological polar surface area (TPSA) is 36.9 Å². The summed E-state index contributed by atoms with van der Waals surface area (Å²) in [5.41, 5.74) is 1.23. The van der Waals surface area contributed by atoms with Crippen molar-refractivity contribution in [1.82, 2.24) is 10.2 Å². The van der Waals surface area contributed by atoms with E-state index in [9.17, 15) is 0 Å². The van der Waals surface area contributed by atoms with E-state index in [1.54, 1.807) is 7.11 Å². The number of guanidine groups is 1. The first-order chi connectivity index (χ1) is 10.7. The number of thioether (sulfide) groups is 1. The maximum absolute atomic E-state index is 5.19. The lowest BCUT2D eigenvalue weighted by molar-refractivity contribution is 0.414. The first-order valence-corrected chi connectivity index (χ1v) is 8.67. The highest BCUT2D eigenvalue weighted by Crippen LogP contribution is 2.12. The van der Waals surface area contributed by atoms with Crippen LogP contribution < -0.4 is 10.1 Å². The molecular weight excluding hydrogens is 421 g/mol. The third-order valence-corrected chi connectivity index (χ3v) is 3.95. The average Bonchev–Trinajstić information content (AvgIpc) is 2.54. The van der Waals surface area contributed by atoms with Gasteiger partial charge in [-0.15, -0.1) is 30.6 Å². The Morgan fingerprint density at radius 3 is 2.65 bits per heavy atom. The predicted molar refractivity (Wildman–Crippen MR) is 113 cm³/mol. The van der Waals surface area contributed by atoms with E-state index in [1.807, 2.05) is 30.0 Å². The molecule has 0 amide bonds. The molecule has 6 heteroatoms. The lowest BCUT2D eigenvalue weighted by Gasteiger charge is -2.22. The minimum Gasteiger partial charge on any atom is -0.497 e. The number of hydrogen-bond acceptors (Lipinski definition) is 3. The average molecular weight is 449 g/mol. The minimum absolute atomic E-state index is 0. The molecule has 0 unspecified atom stereocenters. The Labute approximate surface area is 161 Å². The standard InChI is InChI=1S/C17H27N3OS.HI/c1-5-12-22-13-11-19-17(18-6-2)20(3)14-15-7-9-16(21-4)10-8-15;/h5,7-10H,1,6,11-14H2,2-4H3,(H,18,19);1H. The highest BCUT2D eigenvalue weighted by molar-refractivity contribution is 14.0. The molecule has 23 heavy (non-hydrogen) atoms. The van der Waals surface area contributed by atoms with E-state index in [2.05, 4.69) is 47.9 Å². The summed E-state index contributed by atoms with van der Waals surface area (Å²) in [4.78, 5) is 6.81. The van der Waals surface area contributed by atoms with Gasteiger partial charge in [0.05, 0.1) is 13.7 Å². The molecule has 0 aromatic heterocycles. The molecular formula is C17H28IN3OS. The summed E-state index contributed by atoms with van der Waals surface area (Å²) in [7, 11) is 3.74. The van der Waals surface area contributed by atoms with E-state index < -0.39 is 0 Å². The van der Waals surface area contributed by atoms with E-state index in [0.717, 1.165) is 42.8 Å². The molecule has 0 atom stereocenters. The van der Waals surface area contributed by atoms with Crippen molar-refractivity contribution in [2.75, 3.05) is 38.8 Å². The van der Waals surface area contributed by atoms with Crippen LogP contribution in [0.4, 0.5) is 0 Å². The highest BCUT2D eigenvalue weighted by atomic mass is 127. The van der Waals surface area contributed by atoms with Gasteiger partial charge in [-0.1, -0.05) is 18.2 Å². The SMILES string of the molecule is C=CCSCCN=C(NCC)N(C)Cc1ccc(OC)cc1.I. The van der Waals surface area contributed by atoms with Crippen LogP contribution in [0.5, 0.6) is 5.75 Å². The zero-order valence-electron chi connectivity index (χ0n) is 14.2. The second-order valence-corrected chi connectivity index (χ2v) is 5.95. The third-order valence-electron chi connectivity index (χ3n) is 3.01. The molecule has 0 bridgehead atoms. The zero-order chi connectivity index (χ0) is 16.2. The van der Waals surface area contributed by atoms with E-state index in [1.165, 1.54) is 5.56 Å². The van der Waals surface area contributed by atoms with Crippen LogP contribution in [-0.4, -0.2) is 49.6 Å². The molecule has 1 N–H and O–H groups in total. The maximum atomic E-state index is 5.19. The molecule has 0 fully saturated rings. The number of methoxy groups -OCH3 is 1. The minimum atomic E-state index is 0. The molecule has 1 aromatic carbocycles. The van der Waals surface area contributed by atoms with Gasteiger partial charge < -0.3 is 15.0 Å². The van der Waals surface area contributed by atoms with Crippen molar-refractivity contribution in [3.63, 3.8) is 0 Å². The van der Waals surface area contributed by atoms with Crippen molar-refractivity contribution in [2.45, 2.75) is 13.5 Å². The summed E-state index contributed by atoms with van der Waals surface area (Å²) < 4.78 is 5.19. The van der Waals surface area contributed by atoms with Gasteiger partial charge >= 0.3 is 0 Å². The summed E-state index contributed by atoms with van der Waals surface area (Å²) in [6.45, 7) is 8.31. The fourth-order valence-corrected chi connectivity index (χ4v) is 2.49. The molecule has 0 aliphatic heterocycles. The summed E-state index contributed by atoms with van der Waals surface area (Å²) >= 11 is 1.85. The van der Waals surface area contributed by atoms with Crippen molar-refractivity contribution < 1.29 is 4.74 Å². The number of benzene rings is 1. The van der Waals surface area contributed by atoms with Crippen LogP contribution in [0.3, 0.4) is 0 Å². The van der Waals surface area contributed by atoms with Crippen molar-refractivity contribution >= 4 is 41.7 Å². The van der Waals surface area contributed by atoms with Gasteiger partial charge in [-0.25, -0.2) is 0 Å². The second-order valence-electron chi connectivity index (χ2n) is 4.80. The number of ether oxygens (including phenoxy) is 1. The largest absolute Gasteiger partial charge is 0.497 e. The molecule has 0 radical (unpaired) electrons. The van der Waals surface area contributed by atoms with Crippen LogP contribution in [0.2, 0.25) is 0 Å². The molecule has 0 saturated carbocycles. The third kappa shape index (κ3) is 9.10. The van der Waals surface area contributed by atoms with Crippen molar-refractivity contribution in [3.8, 4) is 5.75 Å². The number of nitrogens with zero attached hydrogens (tertiary/aromatic N) is 2. The summed E-state index contributed by atoms with van der Waals surface area (Å²) in [6.07, 6.45) is 1.93. The first kappa shape index (κ1) is 22.1. The maximum Gasteiger partial charge on any atom is 0.193 e. The van der Waals surface area contributed by atoms with Crippen LogP contribution in [0, 0.1) is 0 Å². The van der Waals surface area contributed by atoms with Crippen LogP contribution >= 0.6 is 35.7 Å². The number of hydrogen-bond donors (Lipinski definition) is 1. The van der Waals surface area contributed by atoms with E-state index in [0.29, 0.717) is 0 Å². The zero-order valence-corrected chi connectivity index (χ0v) is 17.4. The summed E-state index contributed by atoms with van der Waals surface area (Å²) in [5, 5.41) is 3.34. The Bertz CT molecular complexity index is 465. The smallest absolute Gasteiger partial charge is 0.193 e. The predicted octanol–water partition coefficient (Wildman–Crippen LogP) is 3.63. The van der Waals surface area contributed by atoms with Crippen LogP contribution in [0.15, 0.2) is 41.9 Å². The lowest BCUT2D eigenvalue weighted by Crippen LogP contribution is -2.38. The van der Waals surface area contributed by atoms with Gasteiger partial charge in [-0.05, 0) is 24.6 Å². The monoisotopic (exact) mass is 449 g/mol. The van der Waals surface area contributed by atoms with Gasteiger partial charge in [0.1, 0.15) is 5.75 Å². The molecule has 0 aliphatic carbocycles. The number of halogens is 1. The number of nitrogens with one attached hydrogen (secondary N) is 1. The number of rotatable bonds is 9. The van der Waals surface area contributed by atoms with Gasteiger partial charge in [0.25, 0.3) is 0 Å². The second kappa shape index (κ2) is 13.5. The molecule has 0 heterocycles. The molecule has 130 valence electrons. The highest BCUT2D eigenvalue weighted by Gasteiger charge is 2.06. The Morgan fingerprint density at radius 1 is 1.39 bits per heavy atom. The Morgan fingerprint density at radius 2 is 2.09 bits per heavy atom. The number of aliphatic imine (C=N–C) groups is 1. The van der Waals surface area contributed by atoms with Gasteiger partial charge in [-0.2, -0.15) is 11.8 Å². The molecule has 4 nitrogen and oxygen atoms in total. The molecule has 0 saturated heterocycles. The van der Waals surface area contributed by atoms with Crippen molar-refractivity contribution in [3.05, 3.63) is 42.5 Å². The van der Waals surface area contributed by atoms with Gasteiger partial charge in [0.2, 0.25) is 0 Å². The molecule has 0 spiro atoms. The first-order valence-electron chi connectivity index (χ1n) is 7.52. The van der Waals surface area contributed by atoms with Gasteiger partial charge in [0, 0.05) is 31.6 Å². The normalized spacial score (nSPS) is 10.7. The van der Waals surface area contributed by atoms with E-state index in [4.69, 9.17) is 4.74 Å². The molecule has 1 rings (SSSR count). The fraction of sp³-hybridized carbons (Fsp3) is 0.471. The van der Waals surface area contributed by atoms with Crippen LogP contribution in [-0.2, 0) is 6.54 Å². The Hall–Kier alpha value is -0.890. The van der Waals surface area contributed by atoms with Gasteiger partial charge in [-0.3, -0.25) is 4.99 Å². The molecule has 0 aliphatic rings. The Kier molecular flexibility index (Phi) is 13.0. The lowest BCUT2D eigenvalue weighted by atomic mass is 10.2. The summed E-state index contributed by atoms with van der Waals surface area (Å²) in [6, 6.07) is 8.13. The van der Waals surface area contributed by atoms with Crippen molar-refractivity contribution in [1.29, 1.82) is 0 Å². The summed E-state index contributed by atoms with van der Waals surface area (Å²) in [5.74, 6) is 3.81. The van der Waals surface area contributed by atoms with E-state index >= 15 is 0 Å².